The van der Waals surface area contributed by atoms with E-state index in [0.717, 1.165) is 38.5 Å². The number of ether oxygens (including phenoxy) is 3. The van der Waals surface area contributed by atoms with Gasteiger partial charge in [0.05, 0.1) is 13.2 Å². The Morgan fingerprint density at radius 3 is 2.45 bits per heavy atom. The lowest BCUT2D eigenvalue weighted by molar-refractivity contribution is -0.921. The van der Waals surface area contributed by atoms with Gasteiger partial charge < -0.3 is 24.4 Å². The summed E-state index contributed by atoms with van der Waals surface area (Å²) in [6, 6.07) is 13.2. The third-order valence-electron chi connectivity index (χ3n) is 4.90. The van der Waals surface area contributed by atoms with Gasteiger partial charge in [0.25, 0.3) is 5.91 Å². The zero-order valence-electron chi connectivity index (χ0n) is 16.0. The van der Waals surface area contributed by atoms with Crippen molar-refractivity contribution >= 4 is 28.9 Å². The van der Waals surface area contributed by atoms with Gasteiger partial charge in [0, 0.05) is 16.8 Å². The van der Waals surface area contributed by atoms with Crippen molar-refractivity contribution in [2.45, 2.75) is 6.54 Å². The van der Waals surface area contributed by atoms with E-state index < -0.39 is 0 Å². The van der Waals surface area contributed by atoms with E-state index in [1.54, 1.807) is 18.2 Å². The molecule has 2 aliphatic rings. The van der Waals surface area contributed by atoms with Crippen LogP contribution in [0.5, 0.6) is 11.5 Å². The SMILES string of the molecule is O=C(NC(=S)Nc1ccc(C[NH+]2CCOCC2)cc1)c1ccc2c(c1)OCCO2. The number of carbonyl (C=O) groups excluding carboxylic acids is 1. The first-order chi connectivity index (χ1) is 14.2. The second-order valence-electron chi connectivity index (χ2n) is 7.00. The normalized spacial score (nSPS) is 16.1. The number of carbonyl (C=O) groups is 1. The van der Waals surface area contributed by atoms with Gasteiger partial charge in [-0.25, -0.2) is 0 Å². The van der Waals surface area contributed by atoms with Crippen molar-refractivity contribution in [1.82, 2.24) is 5.32 Å². The second kappa shape index (κ2) is 9.21. The average Bonchev–Trinajstić information content (AvgIpc) is 2.75. The molecule has 2 aromatic carbocycles. The van der Waals surface area contributed by atoms with Gasteiger partial charge in [0.15, 0.2) is 16.6 Å². The van der Waals surface area contributed by atoms with Crippen LogP contribution in [0.25, 0.3) is 0 Å². The highest BCUT2D eigenvalue weighted by Gasteiger charge is 2.16. The molecule has 1 fully saturated rings. The minimum atomic E-state index is -0.299. The summed E-state index contributed by atoms with van der Waals surface area (Å²) in [6.45, 7) is 5.69. The van der Waals surface area contributed by atoms with Crippen LogP contribution in [0, 0.1) is 0 Å². The molecule has 0 aliphatic carbocycles. The standard InChI is InChI=1S/C21H23N3O4S/c25-20(16-3-6-18-19(13-16)28-12-11-27-18)23-21(29)22-17-4-1-15(2-5-17)14-24-7-9-26-10-8-24/h1-6,13H,7-12,14H2,(H2,22,23,25,29)/p+1. The van der Waals surface area contributed by atoms with Crippen LogP contribution in [0.1, 0.15) is 15.9 Å². The Labute approximate surface area is 174 Å². The minimum absolute atomic E-state index is 0.247. The molecule has 2 aromatic rings. The fourth-order valence-corrected chi connectivity index (χ4v) is 3.56. The molecule has 29 heavy (non-hydrogen) atoms. The molecule has 7 nitrogen and oxygen atoms in total. The summed E-state index contributed by atoms with van der Waals surface area (Å²) in [5.41, 5.74) is 2.55. The van der Waals surface area contributed by atoms with Gasteiger partial charge in [-0.1, -0.05) is 12.1 Å². The summed E-state index contributed by atoms with van der Waals surface area (Å²) in [6.07, 6.45) is 0. The second-order valence-corrected chi connectivity index (χ2v) is 7.41. The summed E-state index contributed by atoms with van der Waals surface area (Å²) in [5, 5.41) is 6.00. The van der Waals surface area contributed by atoms with Crippen molar-refractivity contribution in [2.75, 3.05) is 44.8 Å². The van der Waals surface area contributed by atoms with Crippen molar-refractivity contribution in [3.8, 4) is 11.5 Å². The lowest BCUT2D eigenvalue weighted by Gasteiger charge is -2.23. The molecule has 8 heteroatoms. The van der Waals surface area contributed by atoms with E-state index in [-0.39, 0.29) is 11.0 Å². The van der Waals surface area contributed by atoms with E-state index in [1.165, 1.54) is 10.5 Å². The fraction of sp³-hybridized carbons (Fsp3) is 0.333. The van der Waals surface area contributed by atoms with E-state index in [4.69, 9.17) is 26.4 Å². The number of amides is 1. The van der Waals surface area contributed by atoms with Crippen LogP contribution >= 0.6 is 12.2 Å². The molecular formula is C21H24N3O4S+. The number of thiocarbonyl (C=S) groups is 1. The summed E-state index contributed by atoms with van der Waals surface area (Å²) < 4.78 is 16.4. The van der Waals surface area contributed by atoms with Gasteiger partial charge in [-0.05, 0) is 42.5 Å². The van der Waals surface area contributed by atoms with Crippen molar-refractivity contribution in [3.05, 3.63) is 53.6 Å². The number of quaternary nitrogens is 1. The average molecular weight is 415 g/mol. The number of morpholine rings is 1. The third-order valence-corrected chi connectivity index (χ3v) is 5.10. The van der Waals surface area contributed by atoms with Crippen LogP contribution in [0.15, 0.2) is 42.5 Å². The number of hydrogen-bond donors (Lipinski definition) is 3. The van der Waals surface area contributed by atoms with E-state index in [9.17, 15) is 4.79 Å². The fourth-order valence-electron chi connectivity index (χ4n) is 3.35. The van der Waals surface area contributed by atoms with Crippen molar-refractivity contribution in [1.29, 1.82) is 0 Å². The number of fused-ring (bicyclic) bond motifs is 1. The summed E-state index contributed by atoms with van der Waals surface area (Å²) in [5.74, 6) is 0.917. The molecule has 0 bridgehead atoms. The van der Waals surface area contributed by atoms with Gasteiger partial charge in [-0.2, -0.15) is 0 Å². The van der Waals surface area contributed by atoms with E-state index in [1.807, 2.05) is 12.1 Å². The Balaban J connectivity index is 1.30. The zero-order valence-corrected chi connectivity index (χ0v) is 16.8. The lowest BCUT2D eigenvalue weighted by Crippen LogP contribution is -3.12. The zero-order chi connectivity index (χ0) is 20.1. The molecule has 2 aliphatic heterocycles. The van der Waals surface area contributed by atoms with E-state index in [0.29, 0.717) is 30.3 Å². The van der Waals surface area contributed by atoms with Crippen molar-refractivity contribution in [3.63, 3.8) is 0 Å². The van der Waals surface area contributed by atoms with Gasteiger partial charge >= 0.3 is 0 Å². The molecule has 4 rings (SSSR count). The van der Waals surface area contributed by atoms with Crippen LogP contribution in [0.3, 0.4) is 0 Å². The highest BCUT2D eigenvalue weighted by atomic mass is 32.1. The maximum atomic E-state index is 12.5. The summed E-state index contributed by atoms with van der Waals surface area (Å²) in [7, 11) is 0. The molecule has 1 saturated heterocycles. The molecule has 0 saturated carbocycles. The molecule has 0 spiro atoms. The van der Waals surface area contributed by atoms with Gasteiger partial charge in [0.2, 0.25) is 0 Å². The topological polar surface area (TPSA) is 73.3 Å². The quantitative estimate of drug-likeness (QED) is 0.649. The van der Waals surface area contributed by atoms with Crippen molar-refractivity contribution < 1.29 is 23.9 Å². The Bertz CT molecular complexity index is 882. The van der Waals surface area contributed by atoms with Crippen LogP contribution in [0.4, 0.5) is 5.69 Å². The molecule has 0 aromatic heterocycles. The lowest BCUT2D eigenvalue weighted by atomic mass is 10.2. The molecule has 0 atom stereocenters. The maximum absolute atomic E-state index is 12.5. The Morgan fingerprint density at radius 1 is 0.966 bits per heavy atom. The number of rotatable bonds is 4. The number of nitrogens with one attached hydrogen (secondary N) is 3. The molecule has 1 amide bonds. The Morgan fingerprint density at radius 2 is 1.69 bits per heavy atom. The third kappa shape index (κ3) is 5.23. The summed E-state index contributed by atoms with van der Waals surface area (Å²) >= 11 is 5.28. The predicted molar refractivity (Wildman–Crippen MR) is 113 cm³/mol. The molecular weight excluding hydrogens is 390 g/mol. The van der Waals surface area contributed by atoms with E-state index >= 15 is 0 Å². The van der Waals surface area contributed by atoms with Crippen LogP contribution in [-0.4, -0.2) is 50.5 Å². The Hall–Kier alpha value is -2.68. The first-order valence-corrected chi connectivity index (χ1v) is 10.1. The molecule has 2 heterocycles. The van der Waals surface area contributed by atoms with Crippen LogP contribution in [-0.2, 0) is 11.3 Å². The summed E-state index contributed by atoms with van der Waals surface area (Å²) in [4.78, 5) is 14.0. The van der Waals surface area contributed by atoms with Gasteiger partial charge in [-0.15, -0.1) is 0 Å². The Kier molecular flexibility index (Phi) is 6.24. The highest BCUT2D eigenvalue weighted by molar-refractivity contribution is 7.80. The minimum Gasteiger partial charge on any atom is -0.486 e. The highest BCUT2D eigenvalue weighted by Crippen LogP contribution is 2.30. The van der Waals surface area contributed by atoms with Crippen molar-refractivity contribution in [2.24, 2.45) is 0 Å². The van der Waals surface area contributed by atoms with Gasteiger partial charge in [-0.3, -0.25) is 10.1 Å². The largest absolute Gasteiger partial charge is 0.486 e. The molecule has 3 N–H and O–H groups in total. The smallest absolute Gasteiger partial charge is 0.257 e. The monoisotopic (exact) mass is 414 g/mol. The van der Waals surface area contributed by atoms with E-state index in [2.05, 4.69) is 22.8 Å². The first kappa shape index (κ1) is 19.6. The number of anilines is 1. The molecule has 0 unspecified atom stereocenters. The molecule has 0 radical (unpaired) electrons. The number of hydrogen-bond acceptors (Lipinski definition) is 5. The molecule has 152 valence electrons. The first-order valence-electron chi connectivity index (χ1n) is 9.69. The number of benzene rings is 2. The van der Waals surface area contributed by atoms with Crippen LogP contribution < -0.4 is 25.0 Å². The van der Waals surface area contributed by atoms with Gasteiger partial charge in [0.1, 0.15) is 32.8 Å². The predicted octanol–water partition coefficient (Wildman–Crippen LogP) is 1.000. The van der Waals surface area contributed by atoms with Crippen LogP contribution in [0.2, 0.25) is 0 Å². The maximum Gasteiger partial charge on any atom is 0.257 e.